The third-order valence-electron chi connectivity index (χ3n) is 3.46. The van der Waals surface area contributed by atoms with Gasteiger partial charge in [0.25, 0.3) is 5.91 Å². The van der Waals surface area contributed by atoms with Gasteiger partial charge in [-0.15, -0.1) is 11.6 Å². The molecule has 0 saturated carbocycles. The van der Waals surface area contributed by atoms with E-state index in [-0.39, 0.29) is 43.1 Å². The van der Waals surface area contributed by atoms with Gasteiger partial charge in [-0.25, -0.2) is 0 Å². The summed E-state index contributed by atoms with van der Waals surface area (Å²) < 4.78 is 10.4. The Morgan fingerprint density at radius 3 is 2.78 bits per heavy atom. The van der Waals surface area contributed by atoms with Crippen LogP contribution in [0.25, 0.3) is 0 Å². The summed E-state index contributed by atoms with van der Waals surface area (Å²) in [4.78, 5) is 37.1. The molecule has 0 spiro atoms. The van der Waals surface area contributed by atoms with Crippen LogP contribution in [-0.4, -0.2) is 42.8 Å². The Hall–Kier alpha value is -2.08. The first kappa shape index (κ1) is 17.3. The van der Waals surface area contributed by atoms with Gasteiger partial charge in [0.05, 0.1) is 24.6 Å². The van der Waals surface area contributed by atoms with Gasteiger partial charge in [0.2, 0.25) is 0 Å². The summed E-state index contributed by atoms with van der Waals surface area (Å²) >= 11 is 5.57. The molecule has 23 heavy (non-hydrogen) atoms. The van der Waals surface area contributed by atoms with E-state index in [1.54, 1.807) is 32.0 Å². The maximum Gasteiger partial charge on any atom is 0.307 e. The van der Waals surface area contributed by atoms with Gasteiger partial charge in [0.1, 0.15) is 5.75 Å². The molecular weight excluding hydrogens is 322 g/mol. The first-order valence-corrected chi connectivity index (χ1v) is 7.88. The minimum Gasteiger partial charge on any atom is -0.479 e. The van der Waals surface area contributed by atoms with Crippen molar-refractivity contribution < 1.29 is 23.9 Å². The molecule has 1 atom stereocenters. The van der Waals surface area contributed by atoms with Gasteiger partial charge in [0.15, 0.2) is 11.9 Å². The number of halogens is 1. The molecule has 0 saturated heterocycles. The molecular formula is C16H18ClNO5. The summed E-state index contributed by atoms with van der Waals surface area (Å²) in [5.74, 6) is -0.545. The Bertz CT molecular complexity index is 631. The smallest absolute Gasteiger partial charge is 0.307 e. The molecule has 1 amide bonds. The van der Waals surface area contributed by atoms with Crippen molar-refractivity contribution in [2.24, 2.45) is 0 Å². The summed E-state index contributed by atoms with van der Waals surface area (Å²) in [6.45, 7) is 3.81. The minimum atomic E-state index is -0.653. The highest BCUT2D eigenvalue weighted by Gasteiger charge is 2.32. The number of carbonyl (C=O) groups excluding carboxylic acids is 3. The van der Waals surface area contributed by atoms with Gasteiger partial charge in [0, 0.05) is 12.1 Å². The zero-order chi connectivity index (χ0) is 17.0. The van der Waals surface area contributed by atoms with E-state index in [0.29, 0.717) is 17.0 Å². The first-order chi connectivity index (χ1) is 11.0. The van der Waals surface area contributed by atoms with Crippen molar-refractivity contribution >= 4 is 34.9 Å². The summed E-state index contributed by atoms with van der Waals surface area (Å²) in [6.07, 6.45) is -0.585. The summed E-state index contributed by atoms with van der Waals surface area (Å²) in [5, 5.41) is 0. The number of hydrogen-bond donors (Lipinski definition) is 0. The van der Waals surface area contributed by atoms with E-state index >= 15 is 0 Å². The highest BCUT2D eigenvalue weighted by Crippen LogP contribution is 2.35. The Kier molecular flexibility index (Phi) is 5.60. The Labute approximate surface area is 139 Å². The fourth-order valence-corrected chi connectivity index (χ4v) is 2.48. The molecule has 1 unspecified atom stereocenters. The number of carbonyl (C=O) groups is 3. The average Bonchev–Trinajstić information content (AvgIpc) is 2.54. The van der Waals surface area contributed by atoms with Gasteiger partial charge in [-0.05, 0) is 32.0 Å². The number of alkyl halides is 1. The SMILES string of the molecule is CCOC(=O)CCN1C(=O)C(C)Oc2ccc(C(=O)CCl)cc21. The van der Waals surface area contributed by atoms with E-state index in [0.717, 1.165) is 0 Å². The lowest BCUT2D eigenvalue weighted by molar-refractivity contribution is -0.142. The average molecular weight is 340 g/mol. The monoisotopic (exact) mass is 339 g/mol. The van der Waals surface area contributed by atoms with Crippen molar-refractivity contribution in [2.45, 2.75) is 26.4 Å². The van der Waals surface area contributed by atoms with E-state index in [1.165, 1.54) is 4.90 Å². The molecule has 1 aromatic rings. The third kappa shape index (κ3) is 3.82. The van der Waals surface area contributed by atoms with Gasteiger partial charge < -0.3 is 14.4 Å². The maximum atomic E-state index is 12.3. The number of nitrogens with zero attached hydrogens (tertiary/aromatic N) is 1. The lowest BCUT2D eigenvalue weighted by Gasteiger charge is -2.33. The zero-order valence-electron chi connectivity index (χ0n) is 13.0. The molecule has 1 aliphatic heterocycles. The van der Waals surface area contributed by atoms with Crippen LogP contribution < -0.4 is 9.64 Å². The lowest BCUT2D eigenvalue weighted by Crippen LogP contribution is -2.45. The van der Waals surface area contributed by atoms with E-state index in [9.17, 15) is 14.4 Å². The van der Waals surface area contributed by atoms with E-state index in [2.05, 4.69) is 0 Å². The van der Waals surface area contributed by atoms with Crippen LogP contribution in [0.3, 0.4) is 0 Å². The minimum absolute atomic E-state index is 0.0689. The Balaban J connectivity index is 2.29. The molecule has 1 aliphatic rings. The van der Waals surface area contributed by atoms with Crippen molar-refractivity contribution in [1.82, 2.24) is 0 Å². The molecule has 124 valence electrons. The number of Topliss-reactive ketones (excluding diaryl/α,β-unsaturated/α-hetero) is 1. The van der Waals surface area contributed by atoms with Crippen LogP contribution in [0.2, 0.25) is 0 Å². The number of ketones is 1. The normalized spacial score (nSPS) is 16.6. The second-order valence-corrected chi connectivity index (χ2v) is 5.31. The maximum absolute atomic E-state index is 12.3. The van der Waals surface area contributed by atoms with E-state index in [1.807, 2.05) is 0 Å². The standard InChI is InChI=1S/C16H18ClNO5/c1-3-22-15(20)6-7-18-12-8-11(13(19)9-17)4-5-14(12)23-10(2)16(18)21/h4-5,8,10H,3,6-7,9H2,1-2H3. The number of ether oxygens (including phenoxy) is 2. The predicted molar refractivity (Wildman–Crippen MR) is 85.2 cm³/mol. The van der Waals surface area contributed by atoms with Crippen LogP contribution in [0.4, 0.5) is 5.69 Å². The van der Waals surface area contributed by atoms with Crippen molar-refractivity contribution in [3.63, 3.8) is 0 Å². The Morgan fingerprint density at radius 2 is 2.13 bits per heavy atom. The summed E-state index contributed by atoms with van der Waals surface area (Å²) in [6, 6.07) is 4.81. The third-order valence-corrected chi connectivity index (χ3v) is 3.70. The topological polar surface area (TPSA) is 72.9 Å². The molecule has 7 heteroatoms. The molecule has 6 nitrogen and oxygen atoms in total. The number of amides is 1. The molecule has 0 fully saturated rings. The second-order valence-electron chi connectivity index (χ2n) is 5.04. The zero-order valence-corrected chi connectivity index (χ0v) is 13.8. The lowest BCUT2D eigenvalue weighted by atomic mass is 10.1. The fourth-order valence-electron chi connectivity index (χ4n) is 2.32. The second kappa shape index (κ2) is 7.46. The number of hydrogen-bond acceptors (Lipinski definition) is 5. The van der Waals surface area contributed by atoms with Crippen molar-refractivity contribution in [3.05, 3.63) is 23.8 Å². The van der Waals surface area contributed by atoms with Crippen LogP contribution in [-0.2, 0) is 14.3 Å². The quantitative estimate of drug-likeness (QED) is 0.451. The van der Waals surface area contributed by atoms with E-state index < -0.39 is 6.10 Å². The number of benzene rings is 1. The molecule has 0 aromatic heterocycles. The summed E-state index contributed by atoms with van der Waals surface area (Å²) in [7, 11) is 0. The molecule has 2 rings (SSSR count). The molecule has 1 heterocycles. The molecule has 1 aromatic carbocycles. The van der Waals surface area contributed by atoms with Gasteiger partial charge in [-0.3, -0.25) is 14.4 Å². The first-order valence-electron chi connectivity index (χ1n) is 7.34. The Morgan fingerprint density at radius 1 is 1.39 bits per heavy atom. The molecule has 0 N–H and O–H groups in total. The van der Waals surface area contributed by atoms with Gasteiger partial charge >= 0.3 is 5.97 Å². The largest absolute Gasteiger partial charge is 0.479 e. The number of fused-ring (bicyclic) bond motifs is 1. The highest BCUT2D eigenvalue weighted by molar-refractivity contribution is 6.30. The van der Waals surface area contributed by atoms with Gasteiger partial charge in [-0.2, -0.15) is 0 Å². The number of anilines is 1. The fraction of sp³-hybridized carbons (Fsp3) is 0.438. The van der Waals surface area contributed by atoms with Crippen molar-refractivity contribution in [2.75, 3.05) is 23.9 Å². The van der Waals surface area contributed by atoms with Crippen molar-refractivity contribution in [3.8, 4) is 5.75 Å². The van der Waals surface area contributed by atoms with E-state index in [4.69, 9.17) is 21.1 Å². The van der Waals surface area contributed by atoms with Crippen LogP contribution in [0, 0.1) is 0 Å². The summed E-state index contributed by atoms with van der Waals surface area (Å²) in [5.41, 5.74) is 0.860. The van der Waals surface area contributed by atoms with Crippen LogP contribution >= 0.6 is 11.6 Å². The van der Waals surface area contributed by atoms with Crippen LogP contribution in [0.5, 0.6) is 5.75 Å². The molecule has 0 radical (unpaired) electrons. The van der Waals surface area contributed by atoms with Gasteiger partial charge in [-0.1, -0.05) is 0 Å². The highest BCUT2D eigenvalue weighted by atomic mass is 35.5. The van der Waals surface area contributed by atoms with Crippen LogP contribution in [0.15, 0.2) is 18.2 Å². The number of esters is 1. The number of rotatable bonds is 6. The predicted octanol–water partition coefficient (Wildman–Crippen LogP) is 2.18. The van der Waals surface area contributed by atoms with Crippen LogP contribution in [0.1, 0.15) is 30.6 Å². The van der Waals surface area contributed by atoms with Crippen molar-refractivity contribution in [1.29, 1.82) is 0 Å². The molecule has 0 aliphatic carbocycles. The molecule has 0 bridgehead atoms.